The van der Waals surface area contributed by atoms with Gasteiger partial charge in [0.1, 0.15) is 23.3 Å². The molecule has 0 fully saturated rings. The van der Waals surface area contributed by atoms with Gasteiger partial charge in [-0.15, -0.1) is 0 Å². The number of hydrogen-bond acceptors (Lipinski definition) is 9. The van der Waals surface area contributed by atoms with Crippen LogP contribution in [0.2, 0.25) is 0 Å². The highest BCUT2D eigenvalue weighted by molar-refractivity contribution is 7.90. The van der Waals surface area contributed by atoms with Gasteiger partial charge < -0.3 is 10.5 Å². The van der Waals surface area contributed by atoms with Crippen LogP contribution in [0.5, 0.6) is 0 Å². The Morgan fingerprint density at radius 1 is 1.18 bits per heavy atom. The average Bonchev–Trinajstić information content (AvgIpc) is 3.03. The number of sulfonamides is 1. The number of carbonyl (C=O) groups excluding carboxylic acids is 2. The van der Waals surface area contributed by atoms with Gasteiger partial charge in [-0.2, -0.15) is 0 Å². The number of nitrogens with two attached hydrogens (primary N) is 1. The van der Waals surface area contributed by atoms with Crippen LogP contribution < -0.4 is 21.7 Å². The Morgan fingerprint density at radius 2 is 1.82 bits per heavy atom. The summed E-state index contributed by atoms with van der Waals surface area (Å²) in [6.07, 6.45) is 0. The first-order chi connectivity index (χ1) is 15.8. The Balaban J connectivity index is 1.79. The third-order valence-electron chi connectivity index (χ3n) is 5.08. The molecule has 0 amide bonds. The standard InChI is InChI=1S/C21H25N5O7S/c1-11(2)9-26-17(22)16(19(28)25(4)21(26)30)14(27)10-33-20(29)12(3)23-18-13-7-5-6-8-15(13)34(31,32)24-18/h5-8,11-12H,9-10,22H2,1-4H3,(H,23,24)/t12-/m0/s1. The maximum atomic E-state index is 12.7. The van der Waals surface area contributed by atoms with Gasteiger partial charge in [0, 0.05) is 19.2 Å². The smallest absolute Gasteiger partial charge is 0.332 e. The number of ether oxygens (including phenoxy) is 1. The molecular weight excluding hydrogens is 466 g/mol. The third kappa shape index (κ3) is 4.64. The van der Waals surface area contributed by atoms with Crippen molar-refractivity contribution in [3.63, 3.8) is 0 Å². The van der Waals surface area contributed by atoms with Gasteiger partial charge in [0.15, 0.2) is 6.61 Å². The number of carbonyl (C=O) groups is 2. The first-order valence-corrected chi connectivity index (χ1v) is 11.8. The average molecular weight is 492 g/mol. The van der Waals surface area contributed by atoms with E-state index >= 15 is 0 Å². The fourth-order valence-corrected chi connectivity index (χ4v) is 4.63. The molecule has 1 aromatic carbocycles. The number of esters is 1. The first kappa shape index (κ1) is 24.9. The van der Waals surface area contributed by atoms with E-state index in [9.17, 15) is 27.6 Å². The van der Waals surface area contributed by atoms with Crippen molar-refractivity contribution in [2.24, 2.45) is 18.0 Å². The molecule has 34 heavy (non-hydrogen) atoms. The number of aromatic nitrogens is 2. The summed E-state index contributed by atoms with van der Waals surface area (Å²) in [4.78, 5) is 54.1. The highest BCUT2D eigenvalue weighted by Gasteiger charge is 2.31. The molecule has 1 aliphatic rings. The van der Waals surface area contributed by atoms with Crippen molar-refractivity contribution in [3.8, 4) is 0 Å². The molecule has 0 aliphatic carbocycles. The molecule has 13 heteroatoms. The third-order valence-corrected chi connectivity index (χ3v) is 6.48. The quantitative estimate of drug-likeness (QED) is 0.390. The molecule has 0 saturated heterocycles. The number of rotatable bonds is 7. The Labute approximate surface area is 195 Å². The minimum Gasteiger partial charge on any atom is -0.456 e. The van der Waals surface area contributed by atoms with Crippen LogP contribution in [-0.2, 0) is 33.1 Å². The maximum Gasteiger partial charge on any atom is 0.332 e. The van der Waals surface area contributed by atoms with Crippen LogP contribution in [0.3, 0.4) is 0 Å². The van der Waals surface area contributed by atoms with Crippen LogP contribution in [0.25, 0.3) is 0 Å². The molecule has 0 radical (unpaired) electrons. The lowest BCUT2D eigenvalue weighted by molar-refractivity contribution is -0.143. The minimum atomic E-state index is -3.78. The second-order valence-corrected chi connectivity index (χ2v) is 9.85. The van der Waals surface area contributed by atoms with Gasteiger partial charge >= 0.3 is 11.7 Å². The summed E-state index contributed by atoms with van der Waals surface area (Å²) < 4.78 is 33.5. The molecule has 0 bridgehead atoms. The summed E-state index contributed by atoms with van der Waals surface area (Å²) in [5, 5.41) is 0. The molecule has 3 N–H and O–H groups in total. The van der Waals surface area contributed by atoms with Gasteiger partial charge in [-0.3, -0.25) is 28.4 Å². The van der Waals surface area contributed by atoms with Crippen LogP contribution in [-0.4, -0.2) is 47.8 Å². The van der Waals surface area contributed by atoms with E-state index < -0.39 is 51.2 Å². The van der Waals surface area contributed by atoms with Gasteiger partial charge in [0.25, 0.3) is 15.6 Å². The van der Waals surface area contributed by atoms with Crippen molar-refractivity contribution < 1.29 is 22.7 Å². The van der Waals surface area contributed by atoms with E-state index in [1.54, 1.807) is 12.1 Å². The largest absolute Gasteiger partial charge is 0.456 e. The van der Waals surface area contributed by atoms with Crippen LogP contribution in [0.15, 0.2) is 43.7 Å². The second kappa shape index (κ2) is 9.25. The van der Waals surface area contributed by atoms with E-state index in [4.69, 9.17) is 10.5 Å². The molecule has 2 aromatic rings. The second-order valence-electron chi connectivity index (χ2n) is 8.20. The summed E-state index contributed by atoms with van der Waals surface area (Å²) >= 11 is 0. The Hall–Kier alpha value is -3.74. The van der Waals surface area contributed by atoms with E-state index in [1.807, 2.05) is 13.8 Å². The zero-order valence-corrected chi connectivity index (χ0v) is 19.9. The monoisotopic (exact) mass is 491 g/mol. The highest BCUT2D eigenvalue weighted by atomic mass is 32.2. The van der Waals surface area contributed by atoms with Gasteiger partial charge in [-0.25, -0.2) is 18.0 Å². The number of amidine groups is 1. The van der Waals surface area contributed by atoms with Crippen LogP contribution >= 0.6 is 0 Å². The van der Waals surface area contributed by atoms with Crippen molar-refractivity contribution in [2.45, 2.75) is 38.3 Å². The van der Waals surface area contributed by atoms with Crippen molar-refractivity contribution in [1.82, 2.24) is 13.9 Å². The van der Waals surface area contributed by atoms with Crippen molar-refractivity contribution >= 4 is 33.4 Å². The topological polar surface area (TPSA) is 172 Å². The van der Waals surface area contributed by atoms with Crippen molar-refractivity contribution in [3.05, 3.63) is 56.2 Å². The number of nitrogen functional groups attached to an aromatic ring is 1. The summed E-state index contributed by atoms with van der Waals surface area (Å²) in [6, 6.07) is 4.97. The van der Waals surface area contributed by atoms with E-state index in [0.717, 1.165) is 9.13 Å². The molecule has 3 rings (SSSR count). The zero-order chi connectivity index (χ0) is 25.4. The molecule has 12 nitrogen and oxygen atoms in total. The predicted molar refractivity (Wildman–Crippen MR) is 123 cm³/mol. The molecule has 0 spiro atoms. The van der Waals surface area contributed by atoms with Crippen molar-refractivity contribution in [1.29, 1.82) is 0 Å². The maximum absolute atomic E-state index is 12.7. The lowest BCUT2D eigenvalue weighted by Gasteiger charge is -2.16. The van der Waals surface area contributed by atoms with Gasteiger partial charge in [0.2, 0.25) is 5.78 Å². The van der Waals surface area contributed by atoms with E-state index in [-0.39, 0.29) is 29.0 Å². The molecule has 0 saturated carbocycles. The number of ketones is 1. The molecule has 0 unspecified atom stereocenters. The van der Waals surface area contributed by atoms with Gasteiger partial charge in [-0.1, -0.05) is 26.0 Å². The number of nitrogens with one attached hydrogen (secondary N) is 1. The molecule has 2 heterocycles. The highest BCUT2D eigenvalue weighted by Crippen LogP contribution is 2.22. The van der Waals surface area contributed by atoms with Crippen LogP contribution in [0, 0.1) is 5.92 Å². The predicted octanol–water partition coefficient (Wildman–Crippen LogP) is -0.362. The van der Waals surface area contributed by atoms with Gasteiger partial charge in [-0.05, 0) is 25.0 Å². The molecular formula is C21H25N5O7S. The van der Waals surface area contributed by atoms with Crippen LogP contribution in [0.4, 0.5) is 5.82 Å². The number of anilines is 1. The fourth-order valence-electron chi connectivity index (χ4n) is 3.39. The van der Waals surface area contributed by atoms with E-state index in [0.29, 0.717) is 5.56 Å². The Bertz CT molecular complexity index is 1420. The molecule has 1 aromatic heterocycles. The summed E-state index contributed by atoms with van der Waals surface area (Å²) in [7, 11) is -2.56. The molecule has 182 valence electrons. The SMILES string of the molecule is CC(C)Cn1c(N)c(C(=O)COC(=O)[C@H](C)N=C2NS(=O)(=O)c3ccccc32)c(=O)n(C)c1=O. The zero-order valence-electron chi connectivity index (χ0n) is 19.1. The fraction of sp³-hybridized carbons (Fsp3) is 0.381. The first-order valence-electron chi connectivity index (χ1n) is 10.3. The lowest BCUT2D eigenvalue weighted by Crippen LogP contribution is -2.43. The Kier molecular flexibility index (Phi) is 6.77. The molecule has 1 atom stereocenters. The minimum absolute atomic E-state index is 0.0105. The van der Waals surface area contributed by atoms with Gasteiger partial charge in [0.05, 0.1) is 4.90 Å². The summed E-state index contributed by atoms with van der Waals surface area (Å²) in [5.41, 5.74) is 4.25. The lowest BCUT2D eigenvalue weighted by atomic mass is 10.1. The summed E-state index contributed by atoms with van der Waals surface area (Å²) in [5.74, 6) is -2.11. The number of fused-ring (bicyclic) bond motifs is 1. The summed E-state index contributed by atoms with van der Waals surface area (Å²) in [6.45, 7) is 4.42. The number of benzene rings is 1. The van der Waals surface area contributed by atoms with E-state index in [1.165, 1.54) is 26.1 Å². The number of hydrogen-bond donors (Lipinski definition) is 2. The normalized spacial score (nSPS) is 16.2. The van der Waals surface area contributed by atoms with E-state index in [2.05, 4.69) is 9.71 Å². The van der Waals surface area contributed by atoms with Crippen LogP contribution in [0.1, 0.15) is 36.7 Å². The Morgan fingerprint density at radius 3 is 2.47 bits per heavy atom. The molecule has 1 aliphatic heterocycles. The van der Waals surface area contributed by atoms with Crippen molar-refractivity contribution in [2.75, 3.05) is 12.3 Å². The number of nitrogens with zero attached hydrogens (tertiary/aromatic N) is 3. The number of aliphatic imine (C=N–C) groups is 1. The number of Topliss-reactive ketones (excluding diaryl/α,β-unsaturated/α-hetero) is 1.